The van der Waals surface area contributed by atoms with Gasteiger partial charge >= 0.3 is 0 Å². The molecular formula is C23H29N3O3. The molecule has 29 heavy (non-hydrogen) atoms. The summed E-state index contributed by atoms with van der Waals surface area (Å²) in [7, 11) is 2.01. The van der Waals surface area contributed by atoms with E-state index in [1.54, 1.807) is 6.20 Å². The fourth-order valence-electron chi connectivity index (χ4n) is 4.07. The number of amides is 1. The smallest absolute Gasteiger partial charge is 0.241 e. The van der Waals surface area contributed by atoms with Crippen LogP contribution in [0.1, 0.15) is 31.4 Å². The highest BCUT2D eigenvalue weighted by molar-refractivity contribution is 5.87. The van der Waals surface area contributed by atoms with E-state index < -0.39 is 5.54 Å². The van der Waals surface area contributed by atoms with Crippen LogP contribution >= 0.6 is 0 Å². The van der Waals surface area contributed by atoms with Gasteiger partial charge in [0.1, 0.15) is 17.9 Å². The summed E-state index contributed by atoms with van der Waals surface area (Å²) in [5.74, 6) is 0.921. The number of nitrogens with zero attached hydrogens (tertiary/aromatic N) is 2. The number of carbonyl (C=O) groups is 1. The fraction of sp³-hybridized carbons (Fsp3) is 0.478. The van der Waals surface area contributed by atoms with Crippen LogP contribution in [-0.4, -0.2) is 54.7 Å². The van der Waals surface area contributed by atoms with Crippen LogP contribution in [0.25, 0.3) is 0 Å². The summed E-state index contributed by atoms with van der Waals surface area (Å²) in [6.45, 7) is 2.38. The summed E-state index contributed by atoms with van der Waals surface area (Å²) in [5, 5.41) is 3.34. The normalized spacial score (nSPS) is 19.5. The lowest BCUT2D eigenvalue weighted by atomic mass is 9.86. The molecule has 6 nitrogen and oxygen atoms in total. The SMILES string of the molecule is CN(CCOc1ccccc1)C1(C(=O)NC2(c3ccccn3)CC2)CCOCC1. The molecule has 4 rings (SSSR count). The molecule has 154 valence electrons. The molecule has 0 radical (unpaired) electrons. The number of ether oxygens (including phenoxy) is 2. The largest absolute Gasteiger partial charge is 0.492 e. The lowest BCUT2D eigenvalue weighted by molar-refractivity contribution is -0.141. The maximum absolute atomic E-state index is 13.5. The molecule has 0 unspecified atom stereocenters. The maximum Gasteiger partial charge on any atom is 0.241 e. The Balaban J connectivity index is 1.43. The van der Waals surface area contributed by atoms with Crippen molar-refractivity contribution in [1.29, 1.82) is 0 Å². The number of hydrogen-bond acceptors (Lipinski definition) is 5. The first-order chi connectivity index (χ1) is 14.1. The minimum atomic E-state index is -0.581. The van der Waals surface area contributed by atoms with Crippen molar-refractivity contribution in [2.75, 3.05) is 33.4 Å². The first kappa shape index (κ1) is 19.9. The highest BCUT2D eigenvalue weighted by atomic mass is 16.5. The number of aromatic nitrogens is 1. The molecule has 1 aliphatic heterocycles. The van der Waals surface area contributed by atoms with Crippen molar-refractivity contribution < 1.29 is 14.3 Å². The Labute approximate surface area is 172 Å². The Hall–Kier alpha value is -2.44. The van der Waals surface area contributed by atoms with Gasteiger partial charge in [-0.25, -0.2) is 0 Å². The number of carbonyl (C=O) groups excluding carboxylic acids is 1. The van der Waals surface area contributed by atoms with Crippen LogP contribution in [0.3, 0.4) is 0 Å². The van der Waals surface area contributed by atoms with Crippen molar-refractivity contribution in [2.24, 2.45) is 0 Å². The fourth-order valence-corrected chi connectivity index (χ4v) is 4.07. The van der Waals surface area contributed by atoms with E-state index in [-0.39, 0.29) is 11.4 Å². The molecule has 0 spiro atoms. The van der Waals surface area contributed by atoms with Crippen molar-refractivity contribution in [3.63, 3.8) is 0 Å². The molecule has 1 aromatic heterocycles. The summed E-state index contributed by atoms with van der Waals surface area (Å²) in [6.07, 6.45) is 5.02. The van der Waals surface area contributed by atoms with E-state index in [2.05, 4.69) is 15.2 Å². The third-order valence-electron chi connectivity index (χ3n) is 6.17. The molecule has 0 atom stereocenters. The van der Waals surface area contributed by atoms with Crippen LogP contribution < -0.4 is 10.1 Å². The lowest BCUT2D eigenvalue weighted by Gasteiger charge is -2.43. The highest BCUT2D eigenvalue weighted by Crippen LogP contribution is 2.45. The van der Waals surface area contributed by atoms with Crippen molar-refractivity contribution in [2.45, 2.75) is 36.8 Å². The van der Waals surface area contributed by atoms with Crippen LogP contribution in [0.4, 0.5) is 0 Å². The monoisotopic (exact) mass is 395 g/mol. The molecule has 1 saturated heterocycles. The molecular weight excluding hydrogens is 366 g/mol. The predicted octanol–water partition coefficient (Wildman–Crippen LogP) is 2.75. The number of nitrogens with one attached hydrogen (secondary N) is 1. The predicted molar refractivity (Wildman–Crippen MR) is 111 cm³/mol. The minimum absolute atomic E-state index is 0.0752. The van der Waals surface area contributed by atoms with Gasteiger partial charge in [0.25, 0.3) is 0 Å². The van der Waals surface area contributed by atoms with Gasteiger partial charge < -0.3 is 14.8 Å². The Morgan fingerprint density at radius 3 is 2.48 bits per heavy atom. The van der Waals surface area contributed by atoms with Crippen LogP contribution in [0.2, 0.25) is 0 Å². The maximum atomic E-state index is 13.5. The Morgan fingerprint density at radius 2 is 1.83 bits per heavy atom. The molecule has 1 aliphatic carbocycles. The zero-order valence-electron chi connectivity index (χ0n) is 17.0. The summed E-state index contributed by atoms with van der Waals surface area (Å²) in [4.78, 5) is 20.2. The van der Waals surface area contributed by atoms with Crippen LogP contribution in [0.15, 0.2) is 54.7 Å². The quantitative estimate of drug-likeness (QED) is 0.745. The summed E-state index contributed by atoms with van der Waals surface area (Å²) in [5.41, 5.74) is 0.0545. The zero-order chi connectivity index (χ0) is 20.2. The standard InChI is InChI=1S/C23H29N3O3/c1-26(15-18-29-19-7-3-2-4-8-19)23(12-16-28-17-13-23)21(27)25-22(10-11-22)20-9-5-6-14-24-20/h2-9,14H,10-13,15-18H2,1H3,(H,25,27). The number of rotatable bonds is 8. The second kappa shape index (κ2) is 8.51. The van der Waals surface area contributed by atoms with Crippen molar-refractivity contribution in [1.82, 2.24) is 15.2 Å². The molecule has 0 bridgehead atoms. The van der Waals surface area contributed by atoms with E-state index in [0.717, 1.165) is 24.3 Å². The number of benzene rings is 1. The van der Waals surface area contributed by atoms with E-state index in [4.69, 9.17) is 9.47 Å². The third kappa shape index (κ3) is 4.28. The van der Waals surface area contributed by atoms with Gasteiger partial charge in [-0.15, -0.1) is 0 Å². The minimum Gasteiger partial charge on any atom is -0.492 e. The van der Waals surface area contributed by atoms with Crippen LogP contribution in [0, 0.1) is 0 Å². The van der Waals surface area contributed by atoms with Gasteiger partial charge in [0.2, 0.25) is 5.91 Å². The molecule has 1 N–H and O–H groups in total. The first-order valence-electron chi connectivity index (χ1n) is 10.4. The lowest BCUT2D eigenvalue weighted by Crippen LogP contribution is -2.62. The van der Waals surface area contributed by atoms with Gasteiger partial charge in [-0.2, -0.15) is 0 Å². The van der Waals surface area contributed by atoms with Gasteiger partial charge in [-0.1, -0.05) is 24.3 Å². The summed E-state index contributed by atoms with van der Waals surface area (Å²) in [6, 6.07) is 15.7. The zero-order valence-corrected chi connectivity index (χ0v) is 17.0. The molecule has 2 fully saturated rings. The molecule has 1 saturated carbocycles. The molecule has 6 heteroatoms. The summed E-state index contributed by atoms with van der Waals surface area (Å²) >= 11 is 0. The van der Waals surface area contributed by atoms with Gasteiger partial charge in [0.15, 0.2) is 0 Å². The van der Waals surface area contributed by atoms with E-state index in [9.17, 15) is 4.79 Å². The number of para-hydroxylation sites is 1. The van der Waals surface area contributed by atoms with Crippen molar-refractivity contribution >= 4 is 5.91 Å². The Bertz CT molecular complexity index is 803. The topological polar surface area (TPSA) is 63.7 Å². The second-order valence-corrected chi connectivity index (χ2v) is 7.98. The molecule has 2 heterocycles. The Morgan fingerprint density at radius 1 is 1.10 bits per heavy atom. The molecule has 2 aromatic rings. The third-order valence-corrected chi connectivity index (χ3v) is 6.17. The number of pyridine rings is 1. The van der Waals surface area contributed by atoms with Crippen molar-refractivity contribution in [3.8, 4) is 5.75 Å². The van der Waals surface area contributed by atoms with Gasteiger partial charge in [-0.05, 0) is 57.0 Å². The van der Waals surface area contributed by atoms with Crippen molar-refractivity contribution in [3.05, 3.63) is 60.4 Å². The van der Waals surface area contributed by atoms with Crippen LogP contribution in [-0.2, 0) is 15.1 Å². The average Bonchev–Trinajstić information content (AvgIpc) is 3.56. The van der Waals surface area contributed by atoms with Gasteiger partial charge in [0, 0.05) is 26.0 Å². The molecule has 2 aliphatic rings. The number of hydrogen-bond donors (Lipinski definition) is 1. The Kier molecular flexibility index (Phi) is 5.83. The molecule has 1 amide bonds. The van der Waals surface area contributed by atoms with E-state index in [1.165, 1.54) is 0 Å². The highest BCUT2D eigenvalue weighted by Gasteiger charge is 2.52. The average molecular weight is 396 g/mol. The van der Waals surface area contributed by atoms with E-state index in [1.807, 2.05) is 55.6 Å². The molecule has 1 aromatic carbocycles. The van der Waals surface area contributed by atoms with E-state index in [0.29, 0.717) is 39.2 Å². The number of likely N-dealkylation sites (N-methyl/N-ethyl adjacent to an activating group) is 1. The van der Waals surface area contributed by atoms with E-state index >= 15 is 0 Å². The van der Waals surface area contributed by atoms with Gasteiger partial charge in [-0.3, -0.25) is 14.7 Å². The van der Waals surface area contributed by atoms with Crippen LogP contribution in [0.5, 0.6) is 5.75 Å². The summed E-state index contributed by atoms with van der Waals surface area (Å²) < 4.78 is 11.4. The first-order valence-corrected chi connectivity index (χ1v) is 10.4. The van der Waals surface area contributed by atoms with Gasteiger partial charge in [0.05, 0.1) is 11.2 Å². The second-order valence-electron chi connectivity index (χ2n) is 7.98.